The Morgan fingerprint density at radius 3 is 2.08 bits per heavy atom. The summed E-state index contributed by atoms with van der Waals surface area (Å²) in [4.78, 5) is 12.3. The summed E-state index contributed by atoms with van der Waals surface area (Å²) in [6, 6.07) is 15.6. The first-order valence-corrected chi connectivity index (χ1v) is 7.52. The van der Waals surface area contributed by atoms with Crippen LogP contribution in [0.5, 0.6) is 0 Å². The number of hydrogen-bond acceptors (Lipinski definition) is 6. The molecule has 0 atom stereocenters. The van der Waals surface area contributed by atoms with Gasteiger partial charge in [0.1, 0.15) is 0 Å². The van der Waals surface area contributed by atoms with Crippen LogP contribution in [0.2, 0.25) is 0 Å². The van der Waals surface area contributed by atoms with Crippen LogP contribution in [0.4, 0.5) is 22.7 Å². The fraction of sp³-hybridized carbons (Fsp3) is 0.235. The van der Waals surface area contributed by atoms with E-state index in [-0.39, 0.29) is 5.69 Å². The van der Waals surface area contributed by atoms with Gasteiger partial charge in [-0.1, -0.05) is 0 Å². The van der Waals surface area contributed by atoms with Crippen LogP contribution in [-0.4, -0.2) is 18.0 Å². The lowest BCUT2D eigenvalue weighted by Crippen LogP contribution is -2.23. The van der Waals surface area contributed by atoms with Gasteiger partial charge in [0, 0.05) is 30.9 Å². The summed E-state index contributed by atoms with van der Waals surface area (Å²) in [7, 11) is 0. The van der Waals surface area contributed by atoms with Gasteiger partial charge in [0.05, 0.1) is 28.8 Å². The first-order chi connectivity index (χ1) is 11.6. The zero-order valence-electron chi connectivity index (χ0n) is 13.3. The summed E-state index contributed by atoms with van der Waals surface area (Å²) in [5, 5.41) is 27.5. The van der Waals surface area contributed by atoms with Gasteiger partial charge < -0.3 is 4.90 Å². The van der Waals surface area contributed by atoms with E-state index in [1.165, 1.54) is 12.1 Å². The molecule has 0 fully saturated rings. The van der Waals surface area contributed by atoms with E-state index in [1.54, 1.807) is 12.1 Å². The highest BCUT2D eigenvalue weighted by molar-refractivity contribution is 5.53. The van der Waals surface area contributed by atoms with E-state index in [0.29, 0.717) is 24.3 Å². The van der Waals surface area contributed by atoms with Gasteiger partial charge in [0.15, 0.2) is 0 Å². The average molecular weight is 323 g/mol. The highest BCUT2D eigenvalue weighted by Crippen LogP contribution is 2.23. The Kier molecular flexibility index (Phi) is 5.97. The molecule has 24 heavy (non-hydrogen) atoms. The third-order valence-corrected chi connectivity index (χ3v) is 3.43. The lowest BCUT2D eigenvalue weighted by atomic mass is 10.2. The van der Waals surface area contributed by atoms with Gasteiger partial charge in [0.25, 0.3) is 5.69 Å². The van der Waals surface area contributed by atoms with Gasteiger partial charge in [-0.25, -0.2) is 0 Å². The molecule has 2 rings (SSSR count). The maximum atomic E-state index is 10.6. The number of azo groups is 1. The monoisotopic (exact) mass is 323 g/mol. The number of non-ortho nitro benzene ring substituents is 1. The van der Waals surface area contributed by atoms with Gasteiger partial charge in [-0.2, -0.15) is 15.5 Å². The topological polar surface area (TPSA) is 94.9 Å². The van der Waals surface area contributed by atoms with Gasteiger partial charge in [-0.3, -0.25) is 10.1 Å². The smallest absolute Gasteiger partial charge is 0.269 e. The minimum atomic E-state index is -0.453. The number of nitrogens with zero attached hydrogens (tertiary/aromatic N) is 5. The summed E-state index contributed by atoms with van der Waals surface area (Å²) < 4.78 is 0. The lowest BCUT2D eigenvalue weighted by molar-refractivity contribution is -0.384. The van der Waals surface area contributed by atoms with Crippen molar-refractivity contribution in [3.8, 4) is 6.07 Å². The Labute approximate surface area is 140 Å². The molecule has 0 aliphatic carbocycles. The summed E-state index contributed by atoms with van der Waals surface area (Å²) in [6.45, 7) is 3.56. The van der Waals surface area contributed by atoms with Crippen molar-refractivity contribution in [3.05, 3.63) is 58.6 Å². The van der Waals surface area contributed by atoms with Crippen molar-refractivity contribution in [2.75, 3.05) is 18.0 Å². The minimum Gasteiger partial charge on any atom is -0.371 e. The first-order valence-electron chi connectivity index (χ1n) is 7.52. The van der Waals surface area contributed by atoms with Crippen molar-refractivity contribution < 1.29 is 4.92 Å². The highest BCUT2D eigenvalue weighted by Gasteiger charge is 2.04. The molecule has 0 N–H and O–H groups in total. The van der Waals surface area contributed by atoms with Gasteiger partial charge in [-0.05, 0) is 43.3 Å². The van der Waals surface area contributed by atoms with Crippen LogP contribution in [0, 0.1) is 21.4 Å². The summed E-state index contributed by atoms with van der Waals surface area (Å²) in [6.07, 6.45) is 0.482. The van der Waals surface area contributed by atoms with E-state index in [1.807, 2.05) is 31.2 Å². The quantitative estimate of drug-likeness (QED) is 0.417. The molecule has 0 unspecified atom stereocenters. The molecule has 0 amide bonds. The molecule has 122 valence electrons. The zero-order chi connectivity index (χ0) is 17.4. The minimum absolute atomic E-state index is 0.0235. The number of rotatable bonds is 7. The standard InChI is InChI=1S/C17H17N5O2/c1-2-21(13-3-12-18)16-8-4-14(5-9-16)19-20-15-6-10-17(11-7-15)22(23)24/h4-11H,2-3,13H2,1H3/b20-19+. The molecule has 2 aromatic rings. The van der Waals surface area contributed by atoms with Crippen LogP contribution in [0.1, 0.15) is 13.3 Å². The third-order valence-electron chi connectivity index (χ3n) is 3.43. The fourth-order valence-corrected chi connectivity index (χ4v) is 2.14. The molecule has 0 bridgehead atoms. The molecule has 7 heteroatoms. The van der Waals surface area contributed by atoms with E-state index in [0.717, 1.165) is 12.2 Å². The van der Waals surface area contributed by atoms with Crippen molar-refractivity contribution in [1.82, 2.24) is 0 Å². The van der Waals surface area contributed by atoms with Crippen molar-refractivity contribution in [3.63, 3.8) is 0 Å². The van der Waals surface area contributed by atoms with E-state index in [4.69, 9.17) is 5.26 Å². The Morgan fingerprint density at radius 1 is 1.08 bits per heavy atom. The molecule has 0 saturated heterocycles. The van der Waals surface area contributed by atoms with Gasteiger partial charge in [-0.15, -0.1) is 0 Å². The fourth-order valence-electron chi connectivity index (χ4n) is 2.14. The lowest BCUT2D eigenvalue weighted by Gasteiger charge is -2.21. The molecule has 0 aliphatic rings. The van der Waals surface area contributed by atoms with E-state index < -0.39 is 4.92 Å². The van der Waals surface area contributed by atoms with Crippen molar-refractivity contribution in [2.24, 2.45) is 10.2 Å². The maximum absolute atomic E-state index is 10.6. The molecular formula is C17H17N5O2. The Bertz CT molecular complexity index is 748. The van der Waals surface area contributed by atoms with Crippen LogP contribution >= 0.6 is 0 Å². The van der Waals surface area contributed by atoms with Crippen molar-refractivity contribution in [2.45, 2.75) is 13.3 Å². The molecule has 0 heterocycles. The van der Waals surface area contributed by atoms with E-state index in [2.05, 4.69) is 21.2 Å². The number of anilines is 1. The maximum Gasteiger partial charge on any atom is 0.269 e. The second-order valence-corrected chi connectivity index (χ2v) is 4.98. The van der Waals surface area contributed by atoms with Gasteiger partial charge in [0.2, 0.25) is 0 Å². The second-order valence-electron chi connectivity index (χ2n) is 4.98. The Morgan fingerprint density at radius 2 is 1.62 bits per heavy atom. The second kappa shape index (κ2) is 8.39. The normalized spacial score (nSPS) is 10.5. The number of nitro groups is 1. The van der Waals surface area contributed by atoms with Gasteiger partial charge >= 0.3 is 0 Å². The number of nitro benzene ring substituents is 1. The molecule has 0 saturated carbocycles. The summed E-state index contributed by atoms with van der Waals surface area (Å²) in [5.41, 5.74) is 2.29. The largest absolute Gasteiger partial charge is 0.371 e. The molecule has 2 aromatic carbocycles. The number of hydrogen-bond donors (Lipinski definition) is 0. The summed E-state index contributed by atoms with van der Waals surface area (Å²) in [5.74, 6) is 0. The molecule has 0 spiro atoms. The molecule has 0 aromatic heterocycles. The van der Waals surface area contributed by atoms with Crippen LogP contribution in [0.25, 0.3) is 0 Å². The van der Waals surface area contributed by atoms with Crippen LogP contribution in [-0.2, 0) is 0 Å². The predicted molar refractivity (Wildman–Crippen MR) is 91.8 cm³/mol. The molecule has 0 radical (unpaired) electrons. The van der Waals surface area contributed by atoms with Crippen LogP contribution in [0.15, 0.2) is 58.8 Å². The predicted octanol–water partition coefficient (Wildman–Crippen LogP) is 4.75. The first kappa shape index (κ1) is 17.1. The Balaban J connectivity index is 2.05. The molecular weight excluding hydrogens is 306 g/mol. The number of benzene rings is 2. The zero-order valence-corrected chi connectivity index (χ0v) is 13.3. The van der Waals surface area contributed by atoms with Crippen LogP contribution in [0.3, 0.4) is 0 Å². The van der Waals surface area contributed by atoms with E-state index >= 15 is 0 Å². The molecule has 7 nitrogen and oxygen atoms in total. The molecule has 0 aliphatic heterocycles. The summed E-state index contributed by atoms with van der Waals surface area (Å²) >= 11 is 0. The third kappa shape index (κ3) is 4.61. The van der Waals surface area contributed by atoms with Crippen molar-refractivity contribution in [1.29, 1.82) is 5.26 Å². The van der Waals surface area contributed by atoms with Crippen LogP contribution < -0.4 is 4.90 Å². The SMILES string of the molecule is CCN(CCC#N)c1ccc(/N=N/c2ccc([N+](=O)[O-])cc2)cc1. The average Bonchev–Trinajstić information content (AvgIpc) is 2.62. The Hall–Kier alpha value is -3.27. The van der Waals surface area contributed by atoms with E-state index in [9.17, 15) is 10.1 Å². The van der Waals surface area contributed by atoms with Crippen molar-refractivity contribution >= 4 is 22.7 Å². The number of nitriles is 1. The highest BCUT2D eigenvalue weighted by atomic mass is 16.6.